The summed E-state index contributed by atoms with van der Waals surface area (Å²) in [5.41, 5.74) is 1.37. The van der Waals surface area contributed by atoms with E-state index < -0.39 is 0 Å². The van der Waals surface area contributed by atoms with E-state index in [4.69, 9.17) is 4.74 Å². The summed E-state index contributed by atoms with van der Waals surface area (Å²) in [6.45, 7) is 2.53. The normalized spacial score (nSPS) is 14.7. The molecule has 0 saturated carbocycles. The van der Waals surface area contributed by atoms with Gasteiger partial charge in [0.05, 0.1) is 13.7 Å². The highest BCUT2D eigenvalue weighted by Crippen LogP contribution is 2.24. The molecule has 0 unspecified atom stereocenters. The Morgan fingerprint density at radius 1 is 1.13 bits per heavy atom. The Labute approximate surface area is 183 Å². The van der Waals surface area contributed by atoms with Crippen molar-refractivity contribution in [3.8, 4) is 5.75 Å². The summed E-state index contributed by atoms with van der Waals surface area (Å²) in [4.78, 5) is 28.4. The molecule has 1 fully saturated rings. The third-order valence-corrected chi connectivity index (χ3v) is 5.27. The van der Waals surface area contributed by atoms with E-state index in [-0.39, 0.29) is 24.2 Å². The Morgan fingerprint density at radius 3 is 2.50 bits per heavy atom. The van der Waals surface area contributed by atoms with Gasteiger partial charge in [-0.1, -0.05) is 15.9 Å². The van der Waals surface area contributed by atoms with Crippen LogP contribution in [0, 0.1) is 5.82 Å². The molecule has 0 aromatic heterocycles. The highest BCUT2D eigenvalue weighted by Gasteiger charge is 2.21. The van der Waals surface area contributed by atoms with Crippen LogP contribution in [0.1, 0.15) is 5.56 Å². The highest BCUT2D eigenvalue weighted by atomic mass is 79.9. The van der Waals surface area contributed by atoms with Crippen molar-refractivity contribution in [3.05, 3.63) is 64.4 Å². The minimum atomic E-state index is -0.346. The number of anilines is 1. The number of rotatable bonds is 6. The number of methoxy groups -OCH3 is 1. The van der Waals surface area contributed by atoms with Crippen molar-refractivity contribution in [2.75, 3.05) is 45.2 Å². The van der Waals surface area contributed by atoms with E-state index in [2.05, 4.69) is 21.2 Å². The molecule has 8 heteroatoms. The number of piperazine rings is 1. The van der Waals surface area contributed by atoms with Gasteiger partial charge < -0.3 is 15.0 Å². The Hall–Kier alpha value is -2.71. The van der Waals surface area contributed by atoms with E-state index in [0.717, 1.165) is 10.0 Å². The van der Waals surface area contributed by atoms with Gasteiger partial charge in [-0.15, -0.1) is 0 Å². The number of carbonyl (C=O) groups is 2. The number of nitrogens with zero attached hydrogens (tertiary/aromatic N) is 2. The molecule has 0 spiro atoms. The van der Waals surface area contributed by atoms with Crippen LogP contribution in [0.2, 0.25) is 0 Å². The van der Waals surface area contributed by atoms with Crippen LogP contribution in [0.25, 0.3) is 6.08 Å². The van der Waals surface area contributed by atoms with Crippen LogP contribution in [-0.2, 0) is 9.59 Å². The van der Waals surface area contributed by atoms with E-state index in [0.29, 0.717) is 37.6 Å². The van der Waals surface area contributed by atoms with Crippen LogP contribution in [0.4, 0.5) is 10.1 Å². The molecule has 6 nitrogen and oxygen atoms in total. The standard InChI is InChI=1S/C22H23BrFN3O3/c1-30-20-8-3-17(23)14-16(20)2-9-22(29)27-12-10-26(11-13-27)15-21(28)25-19-6-4-18(24)5-7-19/h2-9,14H,10-13,15H2,1H3,(H,25,28). The van der Waals surface area contributed by atoms with Crippen molar-refractivity contribution in [1.82, 2.24) is 9.80 Å². The van der Waals surface area contributed by atoms with Gasteiger partial charge >= 0.3 is 0 Å². The average molecular weight is 476 g/mol. The first kappa shape index (κ1) is 22.0. The molecule has 1 aliphatic rings. The summed E-state index contributed by atoms with van der Waals surface area (Å²) in [5.74, 6) is 0.107. The topological polar surface area (TPSA) is 61.9 Å². The second-order valence-electron chi connectivity index (χ2n) is 6.88. The molecule has 1 aliphatic heterocycles. The fraction of sp³-hybridized carbons (Fsp3) is 0.273. The molecule has 0 atom stereocenters. The predicted octanol–water partition coefficient (Wildman–Crippen LogP) is 3.39. The molecule has 0 radical (unpaired) electrons. The van der Waals surface area contributed by atoms with Gasteiger partial charge in [-0.05, 0) is 48.5 Å². The summed E-state index contributed by atoms with van der Waals surface area (Å²) in [6, 6.07) is 11.3. The molecule has 0 bridgehead atoms. The molecular formula is C22H23BrFN3O3. The molecule has 0 aliphatic carbocycles. The van der Waals surface area contributed by atoms with E-state index in [9.17, 15) is 14.0 Å². The molecule has 30 heavy (non-hydrogen) atoms. The van der Waals surface area contributed by atoms with E-state index in [1.165, 1.54) is 24.3 Å². The zero-order valence-electron chi connectivity index (χ0n) is 16.6. The average Bonchev–Trinajstić information content (AvgIpc) is 2.74. The van der Waals surface area contributed by atoms with Gasteiger partial charge in [0.15, 0.2) is 0 Å². The first-order chi connectivity index (χ1) is 14.4. The summed E-state index contributed by atoms with van der Waals surface area (Å²) >= 11 is 3.42. The molecule has 2 aromatic rings. The van der Waals surface area contributed by atoms with Gasteiger partial charge in [0.1, 0.15) is 11.6 Å². The van der Waals surface area contributed by atoms with E-state index in [1.54, 1.807) is 24.2 Å². The maximum Gasteiger partial charge on any atom is 0.246 e. The number of hydrogen-bond donors (Lipinski definition) is 1. The molecule has 2 amide bonds. The van der Waals surface area contributed by atoms with Gasteiger partial charge in [0.2, 0.25) is 11.8 Å². The number of benzene rings is 2. The minimum absolute atomic E-state index is 0.0764. The van der Waals surface area contributed by atoms with Crippen molar-refractivity contribution in [1.29, 1.82) is 0 Å². The smallest absolute Gasteiger partial charge is 0.246 e. The largest absolute Gasteiger partial charge is 0.496 e. The number of halogens is 2. The van der Waals surface area contributed by atoms with Gasteiger partial charge in [-0.25, -0.2) is 4.39 Å². The molecule has 1 heterocycles. The van der Waals surface area contributed by atoms with Crippen LogP contribution >= 0.6 is 15.9 Å². The first-order valence-corrected chi connectivity index (χ1v) is 10.3. The molecule has 3 rings (SSSR count). The number of ether oxygens (including phenoxy) is 1. The fourth-order valence-electron chi connectivity index (χ4n) is 3.17. The van der Waals surface area contributed by atoms with Gasteiger partial charge in [-0.3, -0.25) is 14.5 Å². The van der Waals surface area contributed by atoms with Crippen molar-refractivity contribution < 1.29 is 18.7 Å². The number of amides is 2. The highest BCUT2D eigenvalue weighted by molar-refractivity contribution is 9.10. The Kier molecular flexibility index (Phi) is 7.59. The van der Waals surface area contributed by atoms with E-state index >= 15 is 0 Å². The third kappa shape index (κ3) is 6.14. The second-order valence-corrected chi connectivity index (χ2v) is 7.79. The van der Waals surface area contributed by atoms with Crippen molar-refractivity contribution >= 4 is 39.5 Å². The maximum atomic E-state index is 12.9. The van der Waals surface area contributed by atoms with Gasteiger partial charge in [-0.2, -0.15) is 0 Å². The first-order valence-electron chi connectivity index (χ1n) is 9.53. The summed E-state index contributed by atoms with van der Waals surface area (Å²) in [7, 11) is 1.59. The Bertz CT molecular complexity index is 926. The SMILES string of the molecule is COc1ccc(Br)cc1C=CC(=O)N1CCN(CC(=O)Nc2ccc(F)cc2)CC1. The number of nitrogens with one attached hydrogen (secondary N) is 1. The fourth-order valence-corrected chi connectivity index (χ4v) is 3.54. The maximum absolute atomic E-state index is 12.9. The van der Waals surface area contributed by atoms with Gasteiger partial charge in [0.25, 0.3) is 0 Å². The monoisotopic (exact) mass is 475 g/mol. The zero-order valence-corrected chi connectivity index (χ0v) is 18.2. The lowest BCUT2D eigenvalue weighted by atomic mass is 10.2. The van der Waals surface area contributed by atoms with Crippen molar-refractivity contribution in [2.45, 2.75) is 0 Å². The molecule has 158 valence electrons. The zero-order chi connectivity index (χ0) is 21.5. The summed E-state index contributed by atoms with van der Waals surface area (Å²) in [5, 5.41) is 2.75. The third-order valence-electron chi connectivity index (χ3n) is 4.78. The van der Waals surface area contributed by atoms with Crippen molar-refractivity contribution in [3.63, 3.8) is 0 Å². The lowest BCUT2D eigenvalue weighted by molar-refractivity contribution is -0.127. The van der Waals surface area contributed by atoms with E-state index in [1.807, 2.05) is 23.1 Å². The predicted molar refractivity (Wildman–Crippen MR) is 118 cm³/mol. The minimum Gasteiger partial charge on any atom is -0.496 e. The summed E-state index contributed by atoms with van der Waals surface area (Å²) < 4.78 is 19.2. The van der Waals surface area contributed by atoms with Crippen LogP contribution in [-0.4, -0.2) is 61.4 Å². The van der Waals surface area contributed by atoms with Crippen LogP contribution in [0.15, 0.2) is 53.0 Å². The van der Waals surface area contributed by atoms with Crippen LogP contribution in [0.3, 0.4) is 0 Å². The molecule has 2 aromatic carbocycles. The van der Waals surface area contributed by atoms with Gasteiger partial charge in [0, 0.05) is 48.0 Å². The number of hydrogen-bond acceptors (Lipinski definition) is 4. The molecule has 1 N–H and O–H groups in total. The molecule has 1 saturated heterocycles. The summed E-state index contributed by atoms with van der Waals surface area (Å²) in [6.07, 6.45) is 3.29. The van der Waals surface area contributed by atoms with Crippen molar-refractivity contribution in [2.24, 2.45) is 0 Å². The quantitative estimate of drug-likeness (QED) is 0.650. The lowest BCUT2D eigenvalue weighted by Crippen LogP contribution is -2.50. The lowest BCUT2D eigenvalue weighted by Gasteiger charge is -2.33. The number of carbonyl (C=O) groups excluding carboxylic acids is 2. The van der Waals surface area contributed by atoms with Crippen LogP contribution < -0.4 is 10.1 Å². The molecular weight excluding hydrogens is 453 g/mol. The second kappa shape index (κ2) is 10.4. The Balaban J connectivity index is 1.48. The Morgan fingerprint density at radius 2 is 1.83 bits per heavy atom. The van der Waals surface area contributed by atoms with Crippen LogP contribution in [0.5, 0.6) is 5.75 Å².